The first kappa shape index (κ1) is 10.7. The average molecular weight is 192 g/mol. The molecule has 0 saturated heterocycles. The van der Waals surface area contributed by atoms with E-state index in [1.165, 1.54) is 5.56 Å². The number of carbonyl (C=O) groups excluding carboxylic acids is 1. The summed E-state index contributed by atoms with van der Waals surface area (Å²) in [6.07, 6.45) is 0.333. The fraction of sp³-hybridized carbons (Fsp3) is 0.364. The molecule has 0 fully saturated rings. The second-order valence-corrected chi connectivity index (χ2v) is 3.42. The molecule has 1 atom stereocenters. The van der Waals surface area contributed by atoms with Crippen molar-refractivity contribution in [1.29, 1.82) is 0 Å². The number of nitrogens with one attached hydrogen (secondary N) is 1. The molecular weight excluding hydrogens is 176 g/mol. The largest absolute Gasteiger partial charge is 0.370 e. The number of rotatable bonds is 4. The van der Waals surface area contributed by atoms with E-state index in [0.29, 0.717) is 6.42 Å². The molecule has 0 saturated carbocycles. The number of aryl methyl sites for hydroxylation is 1. The minimum atomic E-state index is -0.287. The van der Waals surface area contributed by atoms with Crippen molar-refractivity contribution < 1.29 is 4.79 Å². The lowest BCUT2D eigenvalue weighted by Gasteiger charge is -2.14. The van der Waals surface area contributed by atoms with Crippen LogP contribution in [-0.2, 0) is 4.79 Å². The topological polar surface area (TPSA) is 55.1 Å². The Morgan fingerprint density at radius 3 is 2.43 bits per heavy atom. The van der Waals surface area contributed by atoms with Crippen molar-refractivity contribution in [3.8, 4) is 0 Å². The molecule has 0 aliphatic carbocycles. The highest BCUT2D eigenvalue weighted by atomic mass is 16.1. The number of hydrogen-bond acceptors (Lipinski definition) is 2. The molecule has 0 bridgehead atoms. The summed E-state index contributed by atoms with van der Waals surface area (Å²) in [5, 5.41) is 3.07. The molecule has 0 radical (unpaired) electrons. The zero-order valence-electron chi connectivity index (χ0n) is 8.58. The molecule has 1 unspecified atom stereocenters. The third-order valence-corrected chi connectivity index (χ3v) is 2.23. The monoisotopic (exact) mass is 192 g/mol. The van der Waals surface area contributed by atoms with Crippen molar-refractivity contribution in [2.45, 2.75) is 19.4 Å². The first-order valence-corrected chi connectivity index (χ1v) is 4.65. The fourth-order valence-electron chi connectivity index (χ4n) is 1.39. The van der Waals surface area contributed by atoms with Gasteiger partial charge < -0.3 is 11.1 Å². The van der Waals surface area contributed by atoms with Crippen LogP contribution in [0.3, 0.4) is 0 Å². The molecule has 1 rings (SSSR count). The van der Waals surface area contributed by atoms with Crippen LogP contribution in [0.4, 0.5) is 0 Å². The Hall–Kier alpha value is -1.35. The zero-order chi connectivity index (χ0) is 10.6. The smallest absolute Gasteiger partial charge is 0.219 e. The maximum absolute atomic E-state index is 10.8. The number of amides is 1. The van der Waals surface area contributed by atoms with E-state index in [1.807, 2.05) is 38.2 Å². The van der Waals surface area contributed by atoms with E-state index in [9.17, 15) is 4.79 Å². The Bertz CT molecular complexity index is 306. The molecule has 0 aromatic heterocycles. The third-order valence-electron chi connectivity index (χ3n) is 2.23. The lowest BCUT2D eigenvalue weighted by molar-refractivity contribution is -0.118. The van der Waals surface area contributed by atoms with Crippen molar-refractivity contribution >= 4 is 5.91 Å². The Kier molecular flexibility index (Phi) is 3.65. The van der Waals surface area contributed by atoms with E-state index in [4.69, 9.17) is 5.73 Å². The first-order valence-electron chi connectivity index (χ1n) is 4.65. The number of nitrogens with two attached hydrogens (primary N) is 1. The van der Waals surface area contributed by atoms with Crippen LogP contribution in [0.25, 0.3) is 0 Å². The second kappa shape index (κ2) is 4.77. The van der Waals surface area contributed by atoms with Crippen molar-refractivity contribution in [3.63, 3.8) is 0 Å². The average Bonchev–Trinajstić information content (AvgIpc) is 2.15. The van der Waals surface area contributed by atoms with Crippen LogP contribution in [0.2, 0.25) is 0 Å². The van der Waals surface area contributed by atoms with Crippen LogP contribution < -0.4 is 11.1 Å². The van der Waals surface area contributed by atoms with Gasteiger partial charge in [0.2, 0.25) is 5.91 Å². The van der Waals surface area contributed by atoms with Crippen LogP contribution in [0.1, 0.15) is 23.6 Å². The van der Waals surface area contributed by atoms with Crippen LogP contribution >= 0.6 is 0 Å². The molecule has 0 aliphatic rings. The Balaban J connectivity index is 2.78. The quantitative estimate of drug-likeness (QED) is 0.751. The van der Waals surface area contributed by atoms with Crippen molar-refractivity contribution in [3.05, 3.63) is 35.4 Å². The van der Waals surface area contributed by atoms with Gasteiger partial charge in [-0.05, 0) is 19.5 Å². The maximum atomic E-state index is 10.8. The lowest BCUT2D eigenvalue weighted by atomic mass is 10.0. The van der Waals surface area contributed by atoms with Crippen LogP contribution in [-0.4, -0.2) is 13.0 Å². The van der Waals surface area contributed by atoms with E-state index >= 15 is 0 Å². The van der Waals surface area contributed by atoms with Gasteiger partial charge in [0.05, 0.1) is 0 Å². The zero-order valence-corrected chi connectivity index (χ0v) is 8.58. The predicted octanol–water partition coefficient (Wildman–Crippen LogP) is 1.13. The summed E-state index contributed by atoms with van der Waals surface area (Å²) in [4.78, 5) is 10.8. The summed E-state index contributed by atoms with van der Waals surface area (Å²) in [7, 11) is 1.83. The standard InChI is InChI=1S/C11H16N2O/c1-8-3-5-9(6-4-8)10(13-2)7-11(12)14/h3-6,10,13H,7H2,1-2H3,(H2,12,14). The highest BCUT2D eigenvalue weighted by Gasteiger charge is 2.11. The summed E-state index contributed by atoms with van der Waals surface area (Å²) in [6.45, 7) is 2.03. The summed E-state index contributed by atoms with van der Waals surface area (Å²) in [6, 6.07) is 8.10. The van der Waals surface area contributed by atoms with Gasteiger partial charge in [-0.15, -0.1) is 0 Å². The van der Waals surface area contributed by atoms with Gasteiger partial charge >= 0.3 is 0 Å². The molecule has 3 nitrogen and oxygen atoms in total. The van der Waals surface area contributed by atoms with Gasteiger partial charge in [-0.3, -0.25) is 4.79 Å². The van der Waals surface area contributed by atoms with E-state index in [0.717, 1.165) is 5.56 Å². The summed E-state index contributed by atoms with van der Waals surface area (Å²) in [5.41, 5.74) is 7.46. The molecule has 0 heterocycles. The molecule has 1 aromatic carbocycles. The van der Waals surface area contributed by atoms with Gasteiger partial charge in [-0.2, -0.15) is 0 Å². The second-order valence-electron chi connectivity index (χ2n) is 3.42. The van der Waals surface area contributed by atoms with Gasteiger partial charge in [0, 0.05) is 12.5 Å². The molecule has 0 aliphatic heterocycles. The highest BCUT2D eigenvalue weighted by molar-refractivity contribution is 5.74. The maximum Gasteiger partial charge on any atom is 0.219 e. The normalized spacial score (nSPS) is 12.4. The van der Waals surface area contributed by atoms with Gasteiger partial charge in [-0.1, -0.05) is 29.8 Å². The van der Waals surface area contributed by atoms with Crippen LogP contribution in [0, 0.1) is 6.92 Å². The summed E-state index contributed by atoms with van der Waals surface area (Å²) >= 11 is 0. The molecule has 14 heavy (non-hydrogen) atoms. The first-order chi connectivity index (χ1) is 6.63. The predicted molar refractivity (Wildman–Crippen MR) is 56.8 cm³/mol. The number of primary amides is 1. The fourth-order valence-corrected chi connectivity index (χ4v) is 1.39. The Labute approximate surface area is 84.3 Å². The molecular formula is C11H16N2O. The van der Waals surface area contributed by atoms with Gasteiger partial charge in [0.15, 0.2) is 0 Å². The highest BCUT2D eigenvalue weighted by Crippen LogP contribution is 2.16. The summed E-state index contributed by atoms with van der Waals surface area (Å²) < 4.78 is 0. The molecule has 76 valence electrons. The third kappa shape index (κ3) is 2.85. The van der Waals surface area contributed by atoms with Crippen molar-refractivity contribution in [2.24, 2.45) is 5.73 Å². The SMILES string of the molecule is CNC(CC(N)=O)c1ccc(C)cc1. The van der Waals surface area contributed by atoms with E-state index in [-0.39, 0.29) is 11.9 Å². The minimum absolute atomic E-state index is 0.0214. The van der Waals surface area contributed by atoms with E-state index in [1.54, 1.807) is 0 Å². The van der Waals surface area contributed by atoms with E-state index in [2.05, 4.69) is 5.32 Å². The molecule has 1 aromatic rings. The van der Waals surface area contributed by atoms with Crippen molar-refractivity contribution in [2.75, 3.05) is 7.05 Å². The number of carbonyl (C=O) groups is 1. The lowest BCUT2D eigenvalue weighted by Crippen LogP contribution is -2.23. The van der Waals surface area contributed by atoms with Gasteiger partial charge in [-0.25, -0.2) is 0 Å². The molecule has 0 spiro atoms. The number of hydrogen-bond donors (Lipinski definition) is 2. The van der Waals surface area contributed by atoms with Crippen LogP contribution in [0.5, 0.6) is 0 Å². The van der Waals surface area contributed by atoms with Crippen LogP contribution in [0.15, 0.2) is 24.3 Å². The van der Waals surface area contributed by atoms with Gasteiger partial charge in [0.25, 0.3) is 0 Å². The van der Waals surface area contributed by atoms with Crippen molar-refractivity contribution in [1.82, 2.24) is 5.32 Å². The summed E-state index contributed by atoms with van der Waals surface area (Å²) in [5.74, 6) is -0.287. The Morgan fingerprint density at radius 1 is 1.43 bits per heavy atom. The van der Waals surface area contributed by atoms with Gasteiger partial charge in [0.1, 0.15) is 0 Å². The molecule has 1 amide bonds. The Morgan fingerprint density at radius 2 is 2.00 bits per heavy atom. The molecule has 3 N–H and O–H groups in total. The number of benzene rings is 1. The molecule has 3 heteroatoms. The van der Waals surface area contributed by atoms with E-state index < -0.39 is 0 Å². The minimum Gasteiger partial charge on any atom is -0.370 e.